The Labute approximate surface area is 156 Å². The fourth-order valence-electron chi connectivity index (χ4n) is 3.91. The van der Waals surface area contributed by atoms with Gasteiger partial charge in [0.1, 0.15) is 5.82 Å². The Kier molecular flexibility index (Phi) is 6.24. The quantitative estimate of drug-likeness (QED) is 0.806. The predicted molar refractivity (Wildman–Crippen MR) is 95.0 cm³/mol. The highest BCUT2D eigenvalue weighted by Crippen LogP contribution is 2.37. The molecule has 1 aromatic carbocycles. The van der Waals surface area contributed by atoms with Crippen LogP contribution < -0.4 is 10.2 Å². The zero-order valence-corrected chi connectivity index (χ0v) is 15.1. The lowest BCUT2D eigenvalue weighted by Crippen LogP contribution is -2.51. The number of carbonyl (C=O) groups excluding carboxylic acids is 1. The lowest BCUT2D eigenvalue weighted by molar-refractivity contribution is -0.184. The van der Waals surface area contributed by atoms with Gasteiger partial charge < -0.3 is 10.2 Å². The maximum absolute atomic E-state index is 13.0. The number of amides is 1. The van der Waals surface area contributed by atoms with Crippen LogP contribution in [0, 0.1) is 11.7 Å². The summed E-state index contributed by atoms with van der Waals surface area (Å²) in [6.07, 6.45) is -2.95. The highest BCUT2D eigenvalue weighted by molar-refractivity contribution is 5.78. The molecular formula is C19H25F4N3O. The van der Waals surface area contributed by atoms with Crippen molar-refractivity contribution < 1.29 is 22.4 Å². The number of alkyl halides is 3. The number of hydrogen-bond acceptors (Lipinski definition) is 3. The fraction of sp³-hybridized carbons (Fsp3) is 0.632. The second kappa shape index (κ2) is 8.46. The van der Waals surface area contributed by atoms with Crippen LogP contribution >= 0.6 is 0 Å². The van der Waals surface area contributed by atoms with Gasteiger partial charge in [0.25, 0.3) is 0 Å². The van der Waals surface area contributed by atoms with Gasteiger partial charge in [-0.25, -0.2) is 4.39 Å². The van der Waals surface area contributed by atoms with Crippen LogP contribution in [-0.2, 0) is 4.79 Å². The third-order valence-electron chi connectivity index (χ3n) is 5.43. The van der Waals surface area contributed by atoms with Crippen LogP contribution in [0.25, 0.3) is 0 Å². The summed E-state index contributed by atoms with van der Waals surface area (Å²) in [5.41, 5.74) is 0.945. The largest absolute Gasteiger partial charge is 0.391 e. The molecule has 2 fully saturated rings. The summed E-state index contributed by atoms with van der Waals surface area (Å²) in [6, 6.07) is 5.93. The van der Waals surface area contributed by atoms with Gasteiger partial charge in [0.05, 0.1) is 12.5 Å². The Hall–Kier alpha value is -1.83. The second-order valence-electron chi connectivity index (χ2n) is 7.41. The molecule has 1 N–H and O–H groups in total. The van der Waals surface area contributed by atoms with Gasteiger partial charge in [0.2, 0.25) is 5.91 Å². The summed E-state index contributed by atoms with van der Waals surface area (Å²) in [7, 11) is 0. The lowest BCUT2D eigenvalue weighted by Gasteiger charge is -2.36. The minimum absolute atomic E-state index is 0.0203. The van der Waals surface area contributed by atoms with E-state index in [-0.39, 0.29) is 31.1 Å². The van der Waals surface area contributed by atoms with E-state index in [1.54, 1.807) is 12.1 Å². The number of nitrogens with one attached hydrogen (secondary N) is 1. The van der Waals surface area contributed by atoms with E-state index in [9.17, 15) is 22.4 Å². The van der Waals surface area contributed by atoms with E-state index in [0.29, 0.717) is 25.9 Å². The van der Waals surface area contributed by atoms with Crippen LogP contribution in [0.5, 0.6) is 0 Å². The Morgan fingerprint density at radius 1 is 1.07 bits per heavy atom. The second-order valence-corrected chi connectivity index (χ2v) is 7.41. The van der Waals surface area contributed by atoms with Gasteiger partial charge in [-0.05, 0) is 43.5 Å². The van der Waals surface area contributed by atoms with E-state index >= 15 is 0 Å². The summed E-state index contributed by atoms with van der Waals surface area (Å²) in [5, 5.41) is 2.78. The standard InChI is InChI=1S/C19H25F4N3O/c20-15-4-6-17(7-5-15)26-10-8-25(9-11-26)13-18(27)24-16-3-1-2-14(12-16)19(21,22)23/h4-7,14,16H,1-3,8-13H2,(H,24,27)/t14-,16+/m0/s1. The van der Waals surface area contributed by atoms with Crippen molar-refractivity contribution in [2.75, 3.05) is 37.6 Å². The van der Waals surface area contributed by atoms with Crippen molar-refractivity contribution in [3.8, 4) is 0 Å². The van der Waals surface area contributed by atoms with Crippen LogP contribution in [0.3, 0.4) is 0 Å². The van der Waals surface area contributed by atoms with Crippen LogP contribution in [0.15, 0.2) is 24.3 Å². The molecule has 0 unspecified atom stereocenters. The first-order valence-electron chi connectivity index (χ1n) is 9.40. The molecule has 2 aliphatic rings. The van der Waals surface area contributed by atoms with Gasteiger partial charge >= 0.3 is 6.18 Å². The fourth-order valence-corrected chi connectivity index (χ4v) is 3.91. The predicted octanol–water partition coefficient (Wildman–Crippen LogP) is 3.19. The summed E-state index contributed by atoms with van der Waals surface area (Å²) in [5.74, 6) is -1.79. The normalized spacial score (nSPS) is 24.7. The van der Waals surface area contributed by atoms with Crippen LogP contribution in [0.1, 0.15) is 25.7 Å². The van der Waals surface area contributed by atoms with Gasteiger partial charge in [-0.2, -0.15) is 13.2 Å². The summed E-state index contributed by atoms with van der Waals surface area (Å²) < 4.78 is 51.6. The minimum Gasteiger partial charge on any atom is -0.369 e. The molecule has 27 heavy (non-hydrogen) atoms. The average Bonchev–Trinajstić information content (AvgIpc) is 2.62. The van der Waals surface area contributed by atoms with Crippen molar-refractivity contribution in [1.82, 2.24) is 10.2 Å². The SMILES string of the molecule is O=C(CN1CCN(c2ccc(F)cc2)CC1)N[C@@H]1CCC[C@H](C(F)(F)F)C1. The number of halogens is 4. The van der Waals surface area contributed by atoms with Gasteiger partial charge in [-0.1, -0.05) is 6.42 Å². The van der Waals surface area contributed by atoms with Crippen LogP contribution in [0.4, 0.5) is 23.2 Å². The monoisotopic (exact) mass is 387 g/mol. The smallest absolute Gasteiger partial charge is 0.369 e. The van der Waals surface area contributed by atoms with Crippen molar-refractivity contribution in [1.29, 1.82) is 0 Å². The first-order chi connectivity index (χ1) is 12.8. The molecular weight excluding hydrogens is 362 g/mol. The molecule has 0 spiro atoms. The Morgan fingerprint density at radius 2 is 1.74 bits per heavy atom. The molecule has 3 rings (SSSR count). The zero-order valence-electron chi connectivity index (χ0n) is 15.1. The molecule has 1 aromatic rings. The van der Waals surface area contributed by atoms with Crippen LogP contribution in [0.2, 0.25) is 0 Å². The zero-order chi connectivity index (χ0) is 19.4. The molecule has 1 aliphatic carbocycles. The molecule has 1 saturated heterocycles. The number of piperazine rings is 1. The maximum atomic E-state index is 13.0. The highest BCUT2D eigenvalue weighted by atomic mass is 19.4. The minimum atomic E-state index is -4.18. The lowest BCUT2D eigenvalue weighted by atomic mass is 9.85. The van der Waals surface area contributed by atoms with E-state index < -0.39 is 18.1 Å². The first-order valence-corrected chi connectivity index (χ1v) is 9.40. The number of carbonyl (C=O) groups is 1. The molecule has 2 atom stereocenters. The molecule has 1 aliphatic heterocycles. The van der Waals surface area contributed by atoms with Crippen molar-refractivity contribution in [3.63, 3.8) is 0 Å². The molecule has 0 radical (unpaired) electrons. The highest BCUT2D eigenvalue weighted by Gasteiger charge is 2.42. The number of hydrogen-bond donors (Lipinski definition) is 1. The molecule has 1 heterocycles. The van der Waals surface area contributed by atoms with Gasteiger partial charge in [0, 0.05) is 37.9 Å². The summed E-state index contributed by atoms with van der Waals surface area (Å²) in [6.45, 7) is 3.00. The third kappa shape index (κ3) is 5.57. The van der Waals surface area contributed by atoms with E-state index in [1.165, 1.54) is 12.1 Å². The third-order valence-corrected chi connectivity index (χ3v) is 5.43. The molecule has 1 amide bonds. The number of nitrogens with zero attached hydrogens (tertiary/aromatic N) is 2. The molecule has 0 aromatic heterocycles. The molecule has 8 heteroatoms. The summed E-state index contributed by atoms with van der Waals surface area (Å²) in [4.78, 5) is 16.4. The van der Waals surface area contributed by atoms with Crippen molar-refractivity contribution in [3.05, 3.63) is 30.1 Å². The van der Waals surface area contributed by atoms with Crippen LogP contribution in [-0.4, -0.2) is 55.7 Å². The summed E-state index contributed by atoms with van der Waals surface area (Å²) >= 11 is 0. The topological polar surface area (TPSA) is 35.6 Å². The Balaban J connectivity index is 1.42. The maximum Gasteiger partial charge on any atom is 0.391 e. The first kappa shape index (κ1) is 19.9. The van der Waals surface area contributed by atoms with E-state index in [2.05, 4.69) is 10.2 Å². The van der Waals surface area contributed by atoms with Gasteiger partial charge in [0.15, 0.2) is 0 Å². The number of benzene rings is 1. The Morgan fingerprint density at radius 3 is 2.37 bits per heavy atom. The molecule has 150 valence electrons. The van der Waals surface area contributed by atoms with E-state index in [1.807, 2.05) is 4.90 Å². The number of anilines is 1. The molecule has 1 saturated carbocycles. The van der Waals surface area contributed by atoms with E-state index in [4.69, 9.17) is 0 Å². The Bertz CT molecular complexity index is 627. The number of rotatable bonds is 4. The van der Waals surface area contributed by atoms with Crippen molar-refractivity contribution in [2.24, 2.45) is 5.92 Å². The van der Waals surface area contributed by atoms with Gasteiger partial charge in [-0.15, -0.1) is 0 Å². The molecule has 4 nitrogen and oxygen atoms in total. The average molecular weight is 387 g/mol. The van der Waals surface area contributed by atoms with E-state index in [0.717, 1.165) is 18.8 Å². The van der Waals surface area contributed by atoms with Crippen molar-refractivity contribution >= 4 is 11.6 Å². The van der Waals surface area contributed by atoms with Gasteiger partial charge in [-0.3, -0.25) is 9.69 Å². The van der Waals surface area contributed by atoms with Crippen molar-refractivity contribution in [2.45, 2.75) is 37.9 Å². The molecule has 0 bridgehead atoms.